The number of nitrogens with zero attached hydrogens (tertiary/aromatic N) is 3. The number of carboxylic acid groups (broad SMARTS) is 1. The van der Waals surface area contributed by atoms with Gasteiger partial charge in [0.25, 0.3) is 0 Å². The van der Waals surface area contributed by atoms with Crippen LogP contribution in [0.25, 0.3) is 16.0 Å². The first-order valence-electron chi connectivity index (χ1n) is 11.5. The number of piperidine rings is 1. The fourth-order valence-electron chi connectivity index (χ4n) is 4.32. The lowest BCUT2D eigenvalue weighted by Crippen LogP contribution is -2.35. The van der Waals surface area contributed by atoms with Gasteiger partial charge in [-0.05, 0) is 45.0 Å². The Labute approximate surface area is 212 Å². The topological polar surface area (TPSA) is 76.8 Å². The van der Waals surface area contributed by atoms with E-state index in [4.69, 9.17) is 21.1 Å². The van der Waals surface area contributed by atoms with Gasteiger partial charge in [0.2, 0.25) is 0 Å². The standard InChI is InChI=1S/C26H26ClN3O4S/c1-16(18-6-5-9-21(24(18)27)34-17-10-12-29(2)13-11-17)33-22-14-23(35-25(22)26(31)32)30-15-28-19-7-3-4-8-20(19)30/h3-9,14-17H,10-13H2,1-2H3,(H,31,32)/t16-/m1/s1. The number of benzene rings is 2. The van der Waals surface area contributed by atoms with Gasteiger partial charge in [-0.15, -0.1) is 11.3 Å². The highest BCUT2D eigenvalue weighted by Gasteiger charge is 2.24. The number of aromatic nitrogens is 2. The summed E-state index contributed by atoms with van der Waals surface area (Å²) in [7, 11) is 2.11. The van der Waals surface area contributed by atoms with Crippen molar-refractivity contribution in [2.75, 3.05) is 20.1 Å². The SMILES string of the molecule is C[C@@H](Oc1cc(-n2cnc3ccccc32)sc1C(=O)O)c1cccc(OC2CCN(C)CC2)c1Cl. The third-order valence-electron chi connectivity index (χ3n) is 6.26. The predicted molar refractivity (Wildman–Crippen MR) is 138 cm³/mol. The van der Waals surface area contributed by atoms with Crippen molar-refractivity contribution in [2.45, 2.75) is 32.0 Å². The van der Waals surface area contributed by atoms with E-state index in [-0.39, 0.29) is 11.0 Å². The molecule has 1 atom stereocenters. The monoisotopic (exact) mass is 511 g/mol. The second-order valence-electron chi connectivity index (χ2n) is 8.73. The van der Waals surface area contributed by atoms with Crippen LogP contribution >= 0.6 is 22.9 Å². The molecule has 35 heavy (non-hydrogen) atoms. The Hall–Kier alpha value is -3.07. The number of para-hydroxylation sites is 2. The van der Waals surface area contributed by atoms with Crippen LogP contribution in [-0.2, 0) is 0 Å². The first-order valence-corrected chi connectivity index (χ1v) is 12.7. The van der Waals surface area contributed by atoms with Gasteiger partial charge in [0.05, 0.1) is 16.1 Å². The lowest BCUT2D eigenvalue weighted by Gasteiger charge is -2.30. The molecule has 0 aliphatic carbocycles. The maximum atomic E-state index is 12.0. The van der Waals surface area contributed by atoms with E-state index in [1.54, 1.807) is 12.4 Å². The third kappa shape index (κ3) is 4.87. The number of carbonyl (C=O) groups is 1. The van der Waals surface area contributed by atoms with E-state index in [0.717, 1.165) is 53.9 Å². The molecule has 182 valence electrons. The minimum absolute atomic E-state index is 0.123. The van der Waals surface area contributed by atoms with E-state index >= 15 is 0 Å². The van der Waals surface area contributed by atoms with Gasteiger partial charge >= 0.3 is 5.97 Å². The number of ether oxygens (including phenoxy) is 2. The summed E-state index contributed by atoms with van der Waals surface area (Å²) in [6, 6.07) is 15.1. The Morgan fingerprint density at radius 3 is 2.71 bits per heavy atom. The third-order valence-corrected chi connectivity index (χ3v) is 7.77. The molecule has 1 aliphatic heterocycles. The maximum Gasteiger partial charge on any atom is 0.349 e. The fraction of sp³-hybridized carbons (Fsp3) is 0.308. The highest BCUT2D eigenvalue weighted by Crippen LogP contribution is 2.39. The number of likely N-dealkylation sites (tertiary alicyclic amines) is 1. The van der Waals surface area contributed by atoms with Crippen LogP contribution in [0.2, 0.25) is 5.02 Å². The van der Waals surface area contributed by atoms with Gasteiger partial charge in [-0.25, -0.2) is 9.78 Å². The molecular formula is C26H26ClN3O4S. The second kappa shape index (κ2) is 9.89. The largest absolute Gasteiger partial charge is 0.489 e. The molecule has 0 spiro atoms. The molecule has 0 bridgehead atoms. The molecule has 2 aromatic heterocycles. The molecule has 7 nitrogen and oxygen atoms in total. The van der Waals surface area contributed by atoms with E-state index in [1.807, 2.05) is 54.0 Å². The zero-order chi connectivity index (χ0) is 24.5. The number of rotatable bonds is 7. The van der Waals surface area contributed by atoms with Crippen molar-refractivity contribution in [3.63, 3.8) is 0 Å². The number of aromatic carboxylic acids is 1. The van der Waals surface area contributed by atoms with Crippen LogP contribution in [-0.4, -0.2) is 51.8 Å². The van der Waals surface area contributed by atoms with Gasteiger partial charge in [0.15, 0.2) is 4.88 Å². The molecule has 1 N–H and O–H groups in total. The quantitative estimate of drug-likeness (QED) is 0.325. The van der Waals surface area contributed by atoms with Crippen molar-refractivity contribution in [2.24, 2.45) is 0 Å². The molecule has 0 radical (unpaired) electrons. The van der Waals surface area contributed by atoms with Gasteiger partial charge in [-0.2, -0.15) is 0 Å². The average molecular weight is 512 g/mol. The summed E-state index contributed by atoms with van der Waals surface area (Å²) < 4.78 is 14.3. The number of hydrogen-bond donors (Lipinski definition) is 1. The van der Waals surface area contributed by atoms with Crippen LogP contribution in [0.1, 0.15) is 41.1 Å². The Kier molecular flexibility index (Phi) is 6.69. The zero-order valence-electron chi connectivity index (χ0n) is 19.5. The van der Waals surface area contributed by atoms with Gasteiger partial charge in [0.1, 0.15) is 35.0 Å². The molecular weight excluding hydrogens is 486 g/mol. The van der Waals surface area contributed by atoms with Crippen molar-refractivity contribution in [1.29, 1.82) is 0 Å². The first kappa shape index (κ1) is 23.7. The fourth-order valence-corrected chi connectivity index (χ4v) is 5.56. The van der Waals surface area contributed by atoms with Gasteiger partial charge in [-0.3, -0.25) is 4.57 Å². The van der Waals surface area contributed by atoms with Crippen LogP contribution in [0.3, 0.4) is 0 Å². The second-order valence-corrected chi connectivity index (χ2v) is 10.1. The lowest BCUT2D eigenvalue weighted by atomic mass is 10.1. The number of halogens is 1. The molecule has 0 saturated carbocycles. The first-order chi connectivity index (χ1) is 16.9. The smallest absolute Gasteiger partial charge is 0.349 e. The number of thiophene rings is 1. The molecule has 3 heterocycles. The van der Waals surface area contributed by atoms with Gasteiger partial charge < -0.3 is 19.5 Å². The summed E-state index contributed by atoms with van der Waals surface area (Å²) in [5, 5.41) is 11.0. The van der Waals surface area contributed by atoms with Gasteiger partial charge in [-0.1, -0.05) is 35.9 Å². The molecule has 9 heteroatoms. The summed E-state index contributed by atoms with van der Waals surface area (Å²) in [5.41, 5.74) is 2.48. The van der Waals surface area contributed by atoms with E-state index < -0.39 is 12.1 Å². The molecule has 1 aliphatic rings. The number of hydrogen-bond acceptors (Lipinski definition) is 6. The van der Waals surface area contributed by atoms with Crippen molar-refractivity contribution >= 4 is 39.9 Å². The summed E-state index contributed by atoms with van der Waals surface area (Å²) in [6.45, 7) is 3.84. The summed E-state index contributed by atoms with van der Waals surface area (Å²) in [5.74, 6) is -0.123. The Morgan fingerprint density at radius 1 is 1.17 bits per heavy atom. The summed E-state index contributed by atoms with van der Waals surface area (Å²) >= 11 is 7.88. The highest BCUT2D eigenvalue weighted by atomic mass is 35.5. The highest BCUT2D eigenvalue weighted by molar-refractivity contribution is 7.16. The zero-order valence-corrected chi connectivity index (χ0v) is 21.1. The average Bonchev–Trinajstić information content (AvgIpc) is 3.46. The summed E-state index contributed by atoms with van der Waals surface area (Å²) in [4.78, 5) is 18.8. The van der Waals surface area contributed by atoms with Gasteiger partial charge in [0, 0.05) is 24.7 Å². The number of imidazole rings is 1. The van der Waals surface area contributed by atoms with Crippen molar-refractivity contribution in [3.05, 3.63) is 70.3 Å². The molecule has 2 aromatic carbocycles. The number of carboxylic acids is 1. The predicted octanol–water partition coefficient (Wildman–Crippen LogP) is 6.05. The molecule has 1 saturated heterocycles. The Balaban J connectivity index is 1.40. The van der Waals surface area contributed by atoms with Crippen molar-refractivity contribution in [1.82, 2.24) is 14.5 Å². The van der Waals surface area contributed by atoms with Crippen molar-refractivity contribution < 1.29 is 19.4 Å². The number of fused-ring (bicyclic) bond motifs is 1. The molecule has 5 rings (SSSR count). The van der Waals surface area contributed by atoms with E-state index in [2.05, 4.69) is 16.9 Å². The molecule has 0 unspecified atom stereocenters. The Bertz CT molecular complexity index is 1360. The summed E-state index contributed by atoms with van der Waals surface area (Å²) in [6.07, 6.45) is 3.23. The van der Waals surface area contributed by atoms with E-state index in [1.165, 1.54) is 0 Å². The normalized spacial score (nSPS) is 15.9. The van der Waals surface area contributed by atoms with Crippen LogP contribution in [0.15, 0.2) is 54.9 Å². The van der Waals surface area contributed by atoms with Crippen LogP contribution < -0.4 is 9.47 Å². The molecule has 0 amide bonds. The van der Waals surface area contributed by atoms with E-state index in [9.17, 15) is 9.90 Å². The van der Waals surface area contributed by atoms with Crippen LogP contribution in [0.5, 0.6) is 11.5 Å². The maximum absolute atomic E-state index is 12.0. The van der Waals surface area contributed by atoms with Crippen LogP contribution in [0.4, 0.5) is 0 Å². The molecule has 1 fully saturated rings. The lowest BCUT2D eigenvalue weighted by molar-refractivity contribution is 0.0695. The van der Waals surface area contributed by atoms with Crippen LogP contribution in [0, 0.1) is 0 Å². The minimum Gasteiger partial charge on any atom is -0.489 e. The Morgan fingerprint density at radius 2 is 1.94 bits per heavy atom. The van der Waals surface area contributed by atoms with E-state index in [0.29, 0.717) is 21.5 Å². The minimum atomic E-state index is -1.04. The van der Waals surface area contributed by atoms with Crippen molar-refractivity contribution in [3.8, 4) is 16.5 Å². The molecule has 4 aromatic rings.